The Morgan fingerprint density at radius 3 is 2.63 bits per heavy atom. The Bertz CT molecular complexity index is 868. The van der Waals surface area contributed by atoms with E-state index in [1.165, 1.54) is 24.3 Å². The first-order valence-electron chi connectivity index (χ1n) is 8.10. The number of rotatable bonds is 6. The molecule has 1 aliphatic heterocycles. The number of hydrogen-bond acceptors (Lipinski definition) is 7. The summed E-state index contributed by atoms with van der Waals surface area (Å²) in [4.78, 5) is 34.1. The predicted octanol–water partition coefficient (Wildman–Crippen LogP) is 1.71. The number of fused-ring (bicyclic) bond motifs is 1. The van der Waals surface area contributed by atoms with Crippen LogP contribution in [0.5, 0.6) is 11.5 Å². The minimum atomic E-state index is -0.941. The molecule has 0 radical (unpaired) electrons. The summed E-state index contributed by atoms with van der Waals surface area (Å²) in [6.45, 7) is -0.126. The van der Waals surface area contributed by atoms with Crippen molar-refractivity contribution in [2.75, 3.05) is 19.8 Å². The fraction of sp³-hybridized carbons (Fsp3) is 0.222. The van der Waals surface area contributed by atoms with Gasteiger partial charge >= 0.3 is 5.97 Å². The molecule has 0 unspecified atom stereocenters. The Morgan fingerprint density at radius 1 is 1.15 bits per heavy atom. The van der Waals surface area contributed by atoms with Gasteiger partial charge in [-0.2, -0.15) is 0 Å². The molecule has 0 aliphatic carbocycles. The van der Waals surface area contributed by atoms with E-state index < -0.39 is 23.4 Å². The van der Waals surface area contributed by atoms with E-state index in [4.69, 9.17) is 14.2 Å². The average molecular weight is 372 g/mol. The third-order valence-electron chi connectivity index (χ3n) is 3.75. The lowest BCUT2D eigenvalue weighted by Crippen LogP contribution is -2.42. The van der Waals surface area contributed by atoms with Crippen LogP contribution in [-0.4, -0.2) is 42.7 Å². The minimum Gasteiger partial charge on any atom is -0.486 e. The molecule has 2 aromatic carbocycles. The summed E-state index contributed by atoms with van der Waals surface area (Å²) in [5, 5.41) is 13.5. The van der Waals surface area contributed by atoms with Crippen LogP contribution in [0.25, 0.3) is 0 Å². The number of hydrogen-bond donors (Lipinski definition) is 1. The van der Waals surface area contributed by atoms with Crippen molar-refractivity contribution >= 4 is 17.6 Å². The topological polar surface area (TPSA) is 117 Å². The number of benzene rings is 2. The van der Waals surface area contributed by atoms with Gasteiger partial charge in [-0.1, -0.05) is 24.3 Å². The molecule has 1 aliphatic rings. The number of nitro groups is 1. The van der Waals surface area contributed by atoms with Crippen LogP contribution in [-0.2, 0) is 9.53 Å². The molecular formula is C18H16N2O7. The first-order valence-corrected chi connectivity index (χ1v) is 8.10. The second-order valence-corrected chi connectivity index (χ2v) is 5.65. The number of nitro benzene ring substituents is 1. The summed E-state index contributed by atoms with van der Waals surface area (Å²) >= 11 is 0. The monoisotopic (exact) mass is 372 g/mol. The lowest BCUT2D eigenvalue weighted by Gasteiger charge is -2.26. The van der Waals surface area contributed by atoms with Gasteiger partial charge in [0.15, 0.2) is 18.1 Å². The standard InChI is InChI=1S/C18H16N2O7/c21-17(11-26-18(22)13-5-1-2-6-14(13)20(23)24)19-9-12-10-25-15-7-3-4-8-16(15)27-12/h1-8,12H,9-11H2,(H,19,21)/t12-/m0/s1. The van der Waals surface area contributed by atoms with E-state index >= 15 is 0 Å². The van der Waals surface area contributed by atoms with Crippen molar-refractivity contribution in [3.05, 3.63) is 64.2 Å². The number of para-hydroxylation sites is 3. The van der Waals surface area contributed by atoms with Gasteiger partial charge in [-0.3, -0.25) is 14.9 Å². The highest BCUT2D eigenvalue weighted by molar-refractivity contribution is 5.95. The summed E-state index contributed by atoms with van der Waals surface area (Å²) < 4.78 is 16.1. The van der Waals surface area contributed by atoms with Gasteiger partial charge in [0.05, 0.1) is 11.5 Å². The maximum atomic E-state index is 12.0. The van der Waals surface area contributed by atoms with Gasteiger partial charge in [0.25, 0.3) is 11.6 Å². The average Bonchev–Trinajstić information content (AvgIpc) is 2.70. The summed E-state index contributed by atoms with van der Waals surface area (Å²) in [5.41, 5.74) is -0.592. The summed E-state index contributed by atoms with van der Waals surface area (Å²) in [6, 6.07) is 12.6. The van der Waals surface area contributed by atoms with E-state index in [0.717, 1.165) is 0 Å². The van der Waals surface area contributed by atoms with Crippen LogP contribution < -0.4 is 14.8 Å². The highest BCUT2D eigenvalue weighted by Gasteiger charge is 2.23. The summed E-state index contributed by atoms with van der Waals surface area (Å²) in [6.07, 6.45) is -0.380. The van der Waals surface area contributed by atoms with Crippen LogP contribution in [0.3, 0.4) is 0 Å². The lowest BCUT2D eigenvalue weighted by atomic mass is 10.2. The third-order valence-corrected chi connectivity index (χ3v) is 3.75. The molecule has 9 heteroatoms. The fourth-order valence-corrected chi connectivity index (χ4v) is 2.46. The molecule has 3 rings (SSSR count). The van der Waals surface area contributed by atoms with Gasteiger partial charge in [-0.25, -0.2) is 4.79 Å². The van der Waals surface area contributed by atoms with Crippen molar-refractivity contribution in [1.82, 2.24) is 5.32 Å². The number of nitrogens with one attached hydrogen (secondary N) is 1. The number of amides is 1. The molecule has 0 saturated heterocycles. The number of carbonyl (C=O) groups is 2. The zero-order valence-corrected chi connectivity index (χ0v) is 14.1. The molecule has 0 bridgehead atoms. The van der Waals surface area contributed by atoms with Crippen LogP contribution in [0, 0.1) is 10.1 Å². The fourth-order valence-electron chi connectivity index (χ4n) is 2.46. The number of nitrogens with zero attached hydrogens (tertiary/aromatic N) is 1. The Morgan fingerprint density at radius 2 is 1.85 bits per heavy atom. The largest absolute Gasteiger partial charge is 0.486 e. The number of ether oxygens (including phenoxy) is 3. The van der Waals surface area contributed by atoms with Crippen molar-refractivity contribution in [1.29, 1.82) is 0 Å². The molecule has 1 heterocycles. The Labute approximate surface area is 154 Å². The van der Waals surface area contributed by atoms with E-state index in [1.54, 1.807) is 12.1 Å². The van der Waals surface area contributed by atoms with Crippen molar-refractivity contribution in [3.8, 4) is 11.5 Å². The first kappa shape index (κ1) is 18.2. The molecule has 1 N–H and O–H groups in total. The maximum absolute atomic E-state index is 12.0. The van der Waals surface area contributed by atoms with E-state index in [1.807, 2.05) is 12.1 Å². The highest BCUT2D eigenvalue weighted by atomic mass is 16.6. The van der Waals surface area contributed by atoms with Crippen molar-refractivity contribution in [3.63, 3.8) is 0 Å². The van der Waals surface area contributed by atoms with Crippen LogP contribution in [0.1, 0.15) is 10.4 Å². The van der Waals surface area contributed by atoms with Gasteiger partial charge in [0, 0.05) is 6.07 Å². The molecule has 9 nitrogen and oxygen atoms in total. The molecular weight excluding hydrogens is 356 g/mol. The van der Waals surface area contributed by atoms with Gasteiger partial charge in [0.2, 0.25) is 0 Å². The molecule has 0 aromatic heterocycles. The quantitative estimate of drug-likeness (QED) is 0.466. The Hall–Kier alpha value is -3.62. The maximum Gasteiger partial charge on any atom is 0.345 e. The van der Waals surface area contributed by atoms with E-state index in [2.05, 4.69) is 5.32 Å². The first-order chi connectivity index (χ1) is 13.0. The summed E-state index contributed by atoms with van der Waals surface area (Å²) in [5.74, 6) is -0.266. The van der Waals surface area contributed by atoms with Crippen LogP contribution in [0.15, 0.2) is 48.5 Å². The SMILES string of the molecule is O=C(COC(=O)c1ccccc1[N+](=O)[O-])NC[C@H]1COc2ccccc2O1. The van der Waals surface area contributed by atoms with E-state index in [0.29, 0.717) is 11.5 Å². The molecule has 1 amide bonds. The Balaban J connectivity index is 1.47. The number of esters is 1. The smallest absolute Gasteiger partial charge is 0.345 e. The molecule has 0 spiro atoms. The third kappa shape index (κ3) is 4.51. The summed E-state index contributed by atoms with van der Waals surface area (Å²) in [7, 11) is 0. The van der Waals surface area contributed by atoms with Crippen molar-refractivity contribution in [2.24, 2.45) is 0 Å². The van der Waals surface area contributed by atoms with Crippen LogP contribution >= 0.6 is 0 Å². The van der Waals surface area contributed by atoms with E-state index in [-0.39, 0.29) is 30.5 Å². The number of carbonyl (C=O) groups excluding carboxylic acids is 2. The van der Waals surface area contributed by atoms with Crippen molar-refractivity contribution < 1.29 is 28.7 Å². The van der Waals surface area contributed by atoms with Crippen molar-refractivity contribution in [2.45, 2.75) is 6.10 Å². The minimum absolute atomic E-state index is 0.163. The predicted molar refractivity (Wildman–Crippen MR) is 92.7 cm³/mol. The zero-order chi connectivity index (χ0) is 19.2. The van der Waals surface area contributed by atoms with Gasteiger partial charge in [-0.15, -0.1) is 0 Å². The zero-order valence-electron chi connectivity index (χ0n) is 14.1. The van der Waals surface area contributed by atoms with Gasteiger partial charge in [-0.05, 0) is 18.2 Å². The second-order valence-electron chi connectivity index (χ2n) is 5.65. The normalized spacial score (nSPS) is 14.9. The van der Waals surface area contributed by atoms with E-state index in [9.17, 15) is 19.7 Å². The highest BCUT2D eigenvalue weighted by Crippen LogP contribution is 2.30. The molecule has 140 valence electrons. The molecule has 1 atom stereocenters. The molecule has 0 fully saturated rings. The lowest BCUT2D eigenvalue weighted by molar-refractivity contribution is -0.385. The molecule has 2 aromatic rings. The molecule has 27 heavy (non-hydrogen) atoms. The van der Waals surface area contributed by atoms with Crippen LogP contribution in [0.4, 0.5) is 5.69 Å². The van der Waals surface area contributed by atoms with Crippen LogP contribution in [0.2, 0.25) is 0 Å². The molecule has 0 saturated carbocycles. The second kappa shape index (κ2) is 8.17. The van der Waals surface area contributed by atoms with Gasteiger partial charge in [0.1, 0.15) is 18.3 Å². The Kier molecular flexibility index (Phi) is 5.50. The van der Waals surface area contributed by atoms with Gasteiger partial charge < -0.3 is 19.5 Å².